The summed E-state index contributed by atoms with van der Waals surface area (Å²) in [6.07, 6.45) is 0. The Balaban J connectivity index is 0. The molecular weight excluding hydrogens is 238 g/mol. The van der Waals surface area contributed by atoms with Crippen molar-refractivity contribution in [3.8, 4) is 0 Å². The molecule has 9 heteroatoms. The van der Waals surface area contributed by atoms with Crippen LogP contribution >= 0.6 is 17.2 Å². The standard InChI is InChI=1S/C4H12NP.F6P/c1-3-5(6)4-2;1-7(2,3,4,5)6/h3-4,6H2,1-2H3;/q;-1/p+1. The molecule has 0 saturated heterocycles. The normalized spacial score (nSPS) is 17.3. The van der Waals surface area contributed by atoms with Gasteiger partial charge in [0.15, 0.2) is 0 Å². The number of nitrogens with zero attached hydrogens (tertiary/aromatic N) is 1. The molecule has 0 aromatic rings. The van der Waals surface area contributed by atoms with Crippen molar-refractivity contribution in [3.05, 3.63) is 0 Å². The van der Waals surface area contributed by atoms with Gasteiger partial charge in [-0.3, -0.25) is 0 Å². The van der Waals surface area contributed by atoms with Gasteiger partial charge in [-0.25, -0.2) is 0 Å². The van der Waals surface area contributed by atoms with Gasteiger partial charge in [0.2, 0.25) is 0 Å². The molecule has 0 fully saturated rings. The minimum absolute atomic E-state index is 1.18. The molecule has 0 amide bonds. The van der Waals surface area contributed by atoms with E-state index in [0.29, 0.717) is 0 Å². The van der Waals surface area contributed by atoms with Crippen LogP contribution in [0.15, 0.2) is 0 Å². The summed E-state index contributed by atoms with van der Waals surface area (Å²) in [7, 11) is -8.72. The van der Waals surface area contributed by atoms with Gasteiger partial charge >= 0.3 is 33.0 Å². The van der Waals surface area contributed by atoms with Crippen LogP contribution in [0.1, 0.15) is 13.8 Å². The van der Waals surface area contributed by atoms with Gasteiger partial charge in [0.25, 0.3) is 0 Å². The quantitative estimate of drug-likeness (QED) is 0.524. The second-order valence-electron chi connectivity index (χ2n) is 2.26. The fourth-order valence-electron chi connectivity index (χ4n) is 0.224. The van der Waals surface area contributed by atoms with Crippen molar-refractivity contribution in [1.82, 2.24) is 4.67 Å². The van der Waals surface area contributed by atoms with Gasteiger partial charge in [0.1, 0.15) is 0 Å². The molecule has 1 atom stereocenters. The summed E-state index contributed by atoms with van der Waals surface area (Å²) in [6.45, 7) is 6.68. The van der Waals surface area contributed by atoms with Gasteiger partial charge in [0, 0.05) is 22.5 Å². The van der Waals surface area contributed by atoms with E-state index in [4.69, 9.17) is 0 Å². The fraction of sp³-hybridized carbons (Fsp3) is 1.00. The minimum atomic E-state index is -10.7. The third-order valence-corrected chi connectivity index (χ3v) is 1.79. The molecule has 0 heterocycles. The molecule has 0 radical (unpaired) electrons. The van der Waals surface area contributed by atoms with Gasteiger partial charge in [-0.2, -0.15) is 4.67 Å². The Bertz CT molecular complexity index is 133. The van der Waals surface area contributed by atoms with Crippen molar-refractivity contribution in [3.63, 3.8) is 0 Å². The summed E-state index contributed by atoms with van der Waals surface area (Å²) in [4.78, 5) is 0. The van der Waals surface area contributed by atoms with Crippen molar-refractivity contribution < 1.29 is 25.2 Å². The molecule has 1 unspecified atom stereocenters. The molecule has 13 heavy (non-hydrogen) atoms. The predicted octanol–water partition coefficient (Wildman–Crippen LogP) is 4.23. The van der Waals surface area contributed by atoms with E-state index >= 15 is 0 Å². The van der Waals surface area contributed by atoms with E-state index in [-0.39, 0.29) is 0 Å². The molecule has 86 valence electrons. The van der Waals surface area contributed by atoms with Gasteiger partial charge in [-0.15, -0.1) is 0 Å². The second-order valence-corrected chi connectivity index (χ2v) is 5.07. The van der Waals surface area contributed by atoms with Crippen LogP contribution in [0.3, 0.4) is 0 Å². The van der Waals surface area contributed by atoms with Crippen molar-refractivity contribution in [2.45, 2.75) is 13.8 Å². The zero-order chi connectivity index (χ0) is 11.4. The summed E-state index contributed by atoms with van der Waals surface area (Å²) >= 11 is 0. The first-order chi connectivity index (χ1) is 5.26. The first-order valence-corrected chi connectivity index (χ1v) is 6.04. The number of rotatable bonds is 2. The monoisotopic (exact) mass is 251 g/mol. The zero-order valence-electron chi connectivity index (χ0n) is 7.28. The first kappa shape index (κ1) is 15.9. The van der Waals surface area contributed by atoms with E-state index in [1.165, 1.54) is 13.1 Å². The van der Waals surface area contributed by atoms with Crippen LogP contribution in [-0.2, 0) is 0 Å². The van der Waals surface area contributed by atoms with E-state index in [9.17, 15) is 25.2 Å². The maximum atomic E-state index is 9.87. The van der Waals surface area contributed by atoms with Gasteiger partial charge in [-0.1, -0.05) is 0 Å². The third kappa shape index (κ3) is 69.3. The fourth-order valence-corrected chi connectivity index (χ4v) is 0.224. The summed E-state index contributed by atoms with van der Waals surface area (Å²) < 4.78 is 61.5. The van der Waals surface area contributed by atoms with E-state index < -0.39 is 7.81 Å². The van der Waals surface area contributed by atoms with Crippen molar-refractivity contribution in [2.75, 3.05) is 13.1 Å². The van der Waals surface area contributed by atoms with Crippen molar-refractivity contribution in [2.24, 2.45) is 0 Å². The first-order valence-electron chi connectivity index (χ1n) is 3.38. The molecule has 0 spiro atoms. The van der Waals surface area contributed by atoms with Crippen molar-refractivity contribution in [1.29, 1.82) is 0 Å². The summed E-state index contributed by atoms with van der Waals surface area (Å²) in [5.41, 5.74) is 0. The van der Waals surface area contributed by atoms with Crippen LogP contribution < -0.4 is 0 Å². The van der Waals surface area contributed by atoms with Crippen LogP contribution in [0, 0.1) is 0 Å². The Morgan fingerprint density at radius 3 is 1.08 bits per heavy atom. The Morgan fingerprint density at radius 1 is 0.923 bits per heavy atom. The van der Waals surface area contributed by atoms with Crippen LogP contribution in [-0.4, -0.2) is 17.8 Å². The molecule has 0 rings (SSSR count). The molecule has 0 aliphatic heterocycles. The topological polar surface area (TPSA) is 3.24 Å². The molecule has 0 aromatic heterocycles. The molecule has 0 aliphatic rings. The van der Waals surface area contributed by atoms with Crippen LogP contribution in [0.5, 0.6) is 0 Å². The average molecular weight is 251 g/mol. The summed E-state index contributed by atoms with van der Waals surface area (Å²) in [6, 6.07) is 0. The molecule has 0 bridgehead atoms. The van der Waals surface area contributed by atoms with Gasteiger partial charge in [0.05, 0.1) is 0 Å². The molecule has 0 aromatic carbocycles. The number of halogens is 6. The number of hydrogen-bond donors (Lipinski definition) is 0. The third-order valence-electron chi connectivity index (χ3n) is 0.894. The van der Waals surface area contributed by atoms with Crippen LogP contribution in [0.4, 0.5) is 25.2 Å². The summed E-state index contributed by atoms with van der Waals surface area (Å²) in [5.74, 6) is 0. The van der Waals surface area contributed by atoms with Crippen LogP contribution in [0.2, 0.25) is 0 Å². The average Bonchev–Trinajstić information content (AvgIpc) is 1.79. The Labute approximate surface area is 75.0 Å². The van der Waals surface area contributed by atoms with Gasteiger partial charge < -0.3 is 0 Å². The molecular formula is C4H13F6NP2. The van der Waals surface area contributed by atoms with Crippen LogP contribution in [0.25, 0.3) is 0 Å². The van der Waals surface area contributed by atoms with E-state index in [1.54, 1.807) is 0 Å². The Hall–Kier alpha value is 0.400. The Kier molecular flexibility index (Phi) is 4.72. The predicted molar refractivity (Wildman–Crippen MR) is 47.6 cm³/mol. The van der Waals surface area contributed by atoms with E-state index in [1.807, 2.05) is 9.39 Å². The molecule has 0 aliphatic carbocycles. The molecule has 0 N–H and O–H groups in total. The zero-order valence-corrected chi connectivity index (χ0v) is 9.59. The Morgan fingerprint density at radius 2 is 1.08 bits per heavy atom. The van der Waals surface area contributed by atoms with Crippen molar-refractivity contribution >= 4 is 17.2 Å². The number of hydrogen-bond acceptors (Lipinski definition) is 1. The SMILES string of the molecule is CCN([PH3+])CC.F[P-](F)(F)(F)(F)F. The maximum absolute atomic E-state index is 10.7. The van der Waals surface area contributed by atoms with E-state index in [2.05, 4.69) is 18.5 Å². The van der Waals surface area contributed by atoms with Gasteiger partial charge in [-0.05, 0) is 13.8 Å². The van der Waals surface area contributed by atoms with E-state index in [0.717, 1.165) is 0 Å². The molecule has 0 saturated carbocycles. The molecule has 1 nitrogen and oxygen atoms in total. The summed E-state index contributed by atoms with van der Waals surface area (Å²) in [5, 5.41) is 0. The second kappa shape index (κ2) is 3.87.